The summed E-state index contributed by atoms with van der Waals surface area (Å²) in [7, 11) is 3.06. The molecule has 0 aromatic heterocycles. The highest BCUT2D eigenvalue weighted by atomic mass is 79.9. The van der Waals surface area contributed by atoms with E-state index in [2.05, 4.69) is 22.5 Å². The monoisotopic (exact) mass is 388 g/mol. The van der Waals surface area contributed by atoms with Crippen molar-refractivity contribution >= 4 is 21.7 Å². The number of alkyl halides is 1. The lowest BCUT2D eigenvalue weighted by atomic mass is 9.89. The molecule has 0 radical (unpaired) electrons. The van der Waals surface area contributed by atoms with Crippen LogP contribution < -0.4 is 14.2 Å². The van der Waals surface area contributed by atoms with Gasteiger partial charge in [0.1, 0.15) is 22.8 Å². The molecule has 1 aliphatic heterocycles. The molecule has 0 amide bonds. The van der Waals surface area contributed by atoms with Crippen molar-refractivity contribution in [2.45, 2.75) is 10.4 Å². The van der Waals surface area contributed by atoms with Crippen molar-refractivity contribution in [3.8, 4) is 17.2 Å². The summed E-state index contributed by atoms with van der Waals surface area (Å²) in [5, 5.41) is 0. The van der Waals surface area contributed by atoms with Crippen molar-refractivity contribution in [1.29, 1.82) is 0 Å². The number of carbonyl (C=O) groups excluding carboxylic acids is 1. The average Bonchev–Trinajstić information content (AvgIpc) is 2.87. The number of methoxy groups -OCH3 is 2. The van der Waals surface area contributed by atoms with Gasteiger partial charge in [0.2, 0.25) is 10.3 Å². The lowest BCUT2D eigenvalue weighted by Crippen LogP contribution is -2.39. The van der Waals surface area contributed by atoms with Crippen LogP contribution in [0.25, 0.3) is 0 Å². The number of benzene rings is 2. The first-order valence-corrected chi connectivity index (χ1v) is 8.20. The molecule has 24 heavy (non-hydrogen) atoms. The van der Waals surface area contributed by atoms with Crippen LogP contribution in [0.1, 0.15) is 21.8 Å². The second-order valence-electron chi connectivity index (χ2n) is 5.40. The van der Waals surface area contributed by atoms with Crippen molar-refractivity contribution in [2.24, 2.45) is 0 Å². The molecule has 1 unspecified atom stereocenters. The van der Waals surface area contributed by atoms with Gasteiger partial charge < -0.3 is 14.2 Å². The van der Waals surface area contributed by atoms with Crippen LogP contribution in [-0.2, 0) is 0 Å². The van der Waals surface area contributed by atoms with E-state index < -0.39 is 4.51 Å². The van der Waals surface area contributed by atoms with Gasteiger partial charge in [-0.05, 0) is 21.5 Å². The van der Waals surface area contributed by atoms with Crippen LogP contribution in [0.3, 0.4) is 0 Å². The first-order valence-electron chi connectivity index (χ1n) is 7.41. The largest absolute Gasteiger partial charge is 0.496 e. The molecule has 2 atom stereocenters. The number of hydrogen-bond acceptors (Lipinski definition) is 4. The predicted octanol–water partition coefficient (Wildman–Crippen LogP) is 4.34. The summed E-state index contributed by atoms with van der Waals surface area (Å²) in [6.07, 6.45) is 1.71. The van der Waals surface area contributed by atoms with Crippen LogP contribution in [-0.4, -0.2) is 24.5 Å². The quantitative estimate of drug-likeness (QED) is 0.564. The third kappa shape index (κ3) is 2.49. The molecule has 1 heterocycles. The molecule has 0 fully saturated rings. The molecule has 0 bridgehead atoms. The number of ketones is 1. The van der Waals surface area contributed by atoms with Crippen molar-refractivity contribution < 1.29 is 19.0 Å². The van der Waals surface area contributed by atoms with E-state index in [0.29, 0.717) is 22.8 Å². The molecule has 0 saturated heterocycles. The minimum Gasteiger partial charge on any atom is -0.496 e. The van der Waals surface area contributed by atoms with E-state index in [4.69, 9.17) is 14.2 Å². The highest BCUT2D eigenvalue weighted by Crippen LogP contribution is 2.51. The maximum Gasteiger partial charge on any atom is 0.236 e. The van der Waals surface area contributed by atoms with Gasteiger partial charge >= 0.3 is 0 Å². The third-order valence-electron chi connectivity index (χ3n) is 4.08. The van der Waals surface area contributed by atoms with E-state index in [0.717, 1.165) is 5.56 Å². The van der Waals surface area contributed by atoms with E-state index >= 15 is 0 Å². The second-order valence-corrected chi connectivity index (χ2v) is 6.58. The summed E-state index contributed by atoms with van der Waals surface area (Å²) in [6.45, 7) is 3.88. The Kier molecular flexibility index (Phi) is 4.37. The van der Waals surface area contributed by atoms with Gasteiger partial charge in [-0.2, -0.15) is 0 Å². The fourth-order valence-electron chi connectivity index (χ4n) is 2.89. The summed E-state index contributed by atoms with van der Waals surface area (Å²) >= 11 is 3.53. The van der Waals surface area contributed by atoms with Gasteiger partial charge in [0.05, 0.1) is 20.1 Å². The topological polar surface area (TPSA) is 44.8 Å². The van der Waals surface area contributed by atoms with E-state index in [1.54, 1.807) is 25.3 Å². The Balaban J connectivity index is 2.10. The zero-order valence-corrected chi connectivity index (χ0v) is 15.0. The molecule has 5 heteroatoms. The molecule has 0 aliphatic carbocycles. The Morgan fingerprint density at radius 2 is 1.92 bits per heavy atom. The van der Waals surface area contributed by atoms with Crippen molar-refractivity contribution in [2.75, 3.05) is 14.2 Å². The number of fused-ring (bicyclic) bond motifs is 1. The summed E-state index contributed by atoms with van der Waals surface area (Å²) in [4.78, 5) is 13.1. The Bertz CT molecular complexity index is 787. The minimum atomic E-state index is -1.27. The van der Waals surface area contributed by atoms with Crippen LogP contribution >= 0.6 is 15.9 Å². The summed E-state index contributed by atoms with van der Waals surface area (Å²) in [5.74, 6) is 0.840. The molecule has 2 aromatic carbocycles. The number of Topliss-reactive ketones (excluding diaryl/α,β-unsaturated/α-hetero) is 1. The fraction of sp³-hybridized carbons (Fsp3) is 0.211. The molecule has 124 valence electrons. The average molecular weight is 389 g/mol. The van der Waals surface area contributed by atoms with Gasteiger partial charge in [-0.15, -0.1) is 6.58 Å². The van der Waals surface area contributed by atoms with Crippen molar-refractivity contribution in [1.82, 2.24) is 0 Å². The predicted molar refractivity (Wildman–Crippen MR) is 95.5 cm³/mol. The van der Waals surface area contributed by atoms with Crippen LogP contribution in [0.4, 0.5) is 0 Å². The molecule has 3 rings (SSSR count). The first-order chi connectivity index (χ1) is 11.5. The van der Waals surface area contributed by atoms with Crippen LogP contribution in [0.5, 0.6) is 17.2 Å². The molecule has 2 aromatic rings. The molecule has 0 spiro atoms. The maximum atomic E-state index is 13.1. The Hall–Kier alpha value is -2.27. The van der Waals surface area contributed by atoms with Gasteiger partial charge in [0.25, 0.3) is 0 Å². The van der Waals surface area contributed by atoms with Crippen LogP contribution in [0, 0.1) is 0 Å². The van der Waals surface area contributed by atoms with Gasteiger partial charge in [-0.3, -0.25) is 4.79 Å². The SMILES string of the molecule is C=C[C@@H](c1ccccc1)C1(Br)Oc2cc(OC)cc(OC)c2C1=O. The summed E-state index contributed by atoms with van der Waals surface area (Å²) in [5.41, 5.74) is 1.33. The Labute approximate surface area is 149 Å². The zero-order valence-electron chi connectivity index (χ0n) is 13.4. The molecule has 4 nitrogen and oxygen atoms in total. The van der Waals surface area contributed by atoms with E-state index in [1.165, 1.54) is 7.11 Å². The maximum absolute atomic E-state index is 13.1. The molecular formula is C19H17BrO4. The normalized spacial score (nSPS) is 20.0. The number of ether oxygens (including phenoxy) is 3. The van der Waals surface area contributed by atoms with Crippen molar-refractivity contribution in [3.63, 3.8) is 0 Å². The highest BCUT2D eigenvalue weighted by Gasteiger charge is 2.53. The lowest BCUT2D eigenvalue weighted by molar-refractivity contribution is 0.0790. The van der Waals surface area contributed by atoms with Crippen LogP contribution in [0.2, 0.25) is 0 Å². The van der Waals surface area contributed by atoms with E-state index in [1.807, 2.05) is 30.3 Å². The van der Waals surface area contributed by atoms with E-state index in [-0.39, 0.29) is 11.7 Å². The van der Waals surface area contributed by atoms with E-state index in [9.17, 15) is 4.79 Å². The number of hydrogen-bond donors (Lipinski definition) is 0. The lowest BCUT2D eigenvalue weighted by Gasteiger charge is -2.28. The molecule has 0 saturated carbocycles. The molecular weight excluding hydrogens is 372 g/mol. The number of halogens is 1. The molecule has 1 aliphatic rings. The molecule has 0 N–H and O–H groups in total. The van der Waals surface area contributed by atoms with Gasteiger partial charge in [0, 0.05) is 12.1 Å². The summed E-state index contributed by atoms with van der Waals surface area (Å²) < 4.78 is 15.4. The summed E-state index contributed by atoms with van der Waals surface area (Å²) in [6, 6.07) is 13.0. The Morgan fingerprint density at radius 1 is 1.21 bits per heavy atom. The highest BCUT2D eigenvalue weighted by molar-refractivity contribution is 9.10. The Morgan fingerprint density at radius 3 is 2.50 bits per heavy atom. The third-order valence-corrected chi connectivity index (χ3v) is 5.10. The standard InChI is InChI=1S/C19H17BrO4/c1-4-14(12-8-6-5-7-9-12)19(20)18(21)17-15(23-3)10-13(22-2)11-16(17)24-19/h4-11,14H,1H2,2-3H3/t14-,19?/m0/s1. The fourth-order valence-corrected chi connectivity index (χ4v) is 3.72. The smallest absolute Gasteiger partial charge is 0.236 e. The second kappa shape index (κ2) is 6.32. The number of carbonyl (C=O) groups is 1. The van der Waals surface area contributed by atoms with Gasteiger partial charge in [-0.1, -0.05) is 36.4 Å². The van der Waals surface area contributed by atoms with Gasteiger partial charge in [0.15, 0.2) is 0 Å². The zero-order chi connectivity index (χ0) is 17.3. The first kappa shape index (κ1) is 16.6. The van der Waals surface area contributed by atoms with Crippen molar-refractivity contribution in [3.05, 3.63) is 66.2 Å². The minimum absolute atomic E-state index is 0.203. The number of rotatable bonds is 5. The van der Waals surface area contributed by atoms with Crippen LogP contribution in [0.15, 0.2) is 55.1 Å². The van der Waals surface area contributed by atoms with Gasteiger partial charge in [-0.25, -0.2) is 0 Å².